The van der Waals surface area contributed by atoms with Gasteiger partial charge >= 0.3 is 0 Å². The van der Waals surface area contributed by atoms with Crippen molar-refractivity contribution in [1.29, 1.82) is 0 Å². The second-order valence-corrected chi connectivity index (χ2v) is 8.16. The van der Waals surface area contributed by atoms with Crippen molar-refractivity contribution < 1.29 is 14.3 Å². The van der Waals surface area contributed by atoms with Gasteiger partial charge in [-0.1, -0.05) is 24.3 Å². The van der Waals surface area contributed by atoms with Crippen molar-refractivity contribution in [1.82, 2.24) is 10.3 Å². The molecule has 3 aromatic rings. The number of rotatable bonds is 9. The minimum Gasteiger partial charge on any atom is -0.493 e. The third-order valence-corrected chi connectivity index (χ3v) is 5.96. The predicted octanol–water partition coefficient (Wildman–Crippen LogP) is 4.76. The molecule has 172 valence electrons. The number of methoxy groups -OCH3 is 2. The lowest BCUT2D eigenvalue weighted by Crippen LogP contribution is -2.24. The minimum atomic E-state index is -0.114. The van der Waals surface area contributed by atoms with Crippen LogP contribution in [-0.2, 0) is 17.6 Å². The largest absolute Gasteiger partial charge is 0.493 e. The lowest BCUT2D eigenvalue weighted by Gasteiger charge is -2.21. The maximum atomic E-state index is 12.2. The number of carbonyl (C=O) groups excluding carboxylic acids is 1. The zero-order valence-corrected chi connectivity index (χ0v) is 19.3. The van der Waals surface area contributed by atoms with Crippen molar-refractivity contribution in [3.05, 3.63) is 65.4 Å². The Balaban J connectivity index is 1.30. The normalized spacial score (nSPS) is 13.0. The highest BCUT2D eigenvalue weighted by Crippen LogP contribution is 2.33. The molecule has 1 heterocycles. The van der Waals surface area contributed by atoms with Crippen molar-refractivity contribution >= 4 is 28.6 Å². The predicted molar refractivity (Wildman–Crippen MR) is 133 cm³/mol. The molecule has 33 heavy (non-hydrogen) atoms. The molecule has 1 aliphatic rings. The quantitative estimate of drug-likeness (QED) is 0.367. The number of carbonyl (C=O) groups is 1. The summed E-state index contributed by atoms with van der Waals surface area (Å²) < 4.78 is 10.5. The summed E-state index contributed by atoms with van der Waals surface area (Å²) in [5.74, 6) is 1.18. The van der Waals surface area contributed by atoms with Gasteiger partial charge in [-0.3, -0.25) is 9.78 Å². The molecule has 0 fully saturated rings. The first-order valence-electron chi connectivity index (χ1n) is 11.5. The number of aryl methyl sites for hydroxylation is 1. The molecule has 0 saturated carbocycles. The molecule has 0 aliphatic heterocycles. The zero-order chi connectivity index (χ0) is 23.0. The van der Waals surface area contributed by atoms with Crippen LogP contribution in [0.3, 0.4) is 0 Å². The molecular formula is C27H31N3O3. The highest BCUT2D eigenvalue weighted by molar-refractivity contribution is 5.93. The molecule has 0 atom stereocenters. The number of hydrogen-bond acceptors (Lipinski definition) is 5. The number of aromatic nitrogens is 1. The molecule has 6 nitrogen and oxygen atoms in total. The van der Waals surface area contributed by atoms with Crippen molar-refractivity contribution in [2.75, 3.05) is 32.6 Å². The molecule has 2 aromatic carbocycles. The topological polar surface area (TPSA) is 72.5 Å². The fraction of sp³-hybridized carbons (Fsp3) is 0.333. The van der Waals surface area contributed by atoms with Crippen LogP contribution < -0.4 is 20.1 Å². The third-order valence-electron chi connectivity index (χ3n) is 5.96. The summed E-state index contributed by atoms with van der Waals surface area (Å²) in [6.45, 7) is 1.40. The Morgan fingerprint density at radius 3 is 2.70 bits per heavy atom. The molecule has 0 spiro atoms. The first-order chi connectivity index (χ1) is 16.2. The van der Waals surface area contributed by atoms with E-state index in [0.717, 1.165) is 36.9 Å². The molecule has 1 amide bonds. The van der Waals surface area contributed by atoms with Crippen LogP contribution in [0.15, 0.2) is 48.5 Å². The SMILES string of the molecule is COc1ccc(/C=C/C(=O)NCCCNc2c3c(nc4ccccc24)CCCC3)cc1OC. The summed E-state index contributed by atoms with van der Waals surface area (Å²) in [4.78, 5) is 17.1. The summed E-state index contributed by atoms with van der Waals surface area (Å²) in [6.07, 6.45) is 8.70. The second kappa shape index (κ2) is 10.9. The number of para-hydroxylation sites is 1. The first kappa shape index (κ1) is 22.6. The number of hydrogen-bond donors (Lipinski definition) is 2. The molecule has 1 aliphatic carbocycles. The van der Waals surface area contributed by atoms with Gasteiger partial charge in [0.15, 0.2) is 11.5 Å². The van der Waals surface area contributed by atoms with E-state index in [2.05, 4.69) is 28.8 Å². The fourth-order valence-electron chi connectivity index (χ4n) is 4.28. The molecular weight excluding hydrogens is 414 g/mol. The molecule has 0 bridgehead atoms. The summed E-state index contributed by atoms with van der Waals surface area (Å²) >= 11 is 0. The summed E-state index contributed by atoms with van der Waals surface area (Å²) in [5, 5.41) is 7.77. The Morgan fingerprint density at radius 1 is 1.03 bits per heavy atom. The van der Waals surface area contributed by atoms with Gasteiger partial charge in [0, 0.05) is 35.9 Å². The van der Waals surface area contributed by atoms with Gasteiger partial charge in [0.25, 0.3) is 0 Å². The maximum absolute atomic E-state index is 12.2. The number of amides is 1. The van der Waals surface area contributed by atoms with Crippen molar-refractivity contribution in [3.8, 4) is 11.5 Å². The van der Waals surface area contributed by atoms with Crippen LogP contribution >= 0.6 is 0 Å². The minimum absolute atomic E-state index is 0.114. The number of nitrogens with one attached hydrogen (secondary N) is 2. The van der Waals surface area contributed by atoms with E-state index in [1.165, 1.54) is 35.2 Å². The molecule has 0 radical (unpaired) electrons. The van der Waals surface area contributed by atoms with E-state index in [1.54, 1.807) is 26.4 Å². The molecule has 2 N–H and O–H groups in total. The lowest BCUT2D eigenvalue weighted by atomic mass is 9.92. The molecule has 1 aromatic heterocycles. The number of anilines is 1. The van der Waals surface area contributed by atoms with Crippen molar-refractivity contribution in [2.45, 2.75) is 32.1 Å². The van der Waals surface area contributed by atoms with Gasteiger partial charge in [-0.05, 0) is 67.5 Å². The van der Waals surface area contributed by atoms with E-state index >= 15 is 0 Å². The van der Waals surface area contributed by atoms with Gasteiger partial charge in [0.2, 0.25) is 5.91 Å². The van der Waals surface area contributed by atoms with Gasteiger partial charge in [0.05, 0.1) is 19.7 Å². The van der Waals surface area contributed by atoms with E-state index in [4.69, 9.17) is 14.5 Å². The van der Waals surface area contributed by atoms with Gasteiger partial charge in [0.1, 0.15) is 0 Å². The molecule has 0 saturated heterocycles. The third kappa shape index (κ3) is 5.45. The van der Waals surface area contributed by atoms with Crippen molar-refractivity contribution in [2.24, 2.45) is 0 Å². The Labute approximate surface area is 195 Å². The van der Waals surface area contributed by atoms with Gasteiger partial charge in [-0.25, -0.2) is 0 Å². The van der Waals surface area contributed by atoms with Gasteiger partial charge in [-0.2, -0.15) is 0 Å². The smallest absolute Gasteiger partial charge is 0.244 e. The van der Waals surface area contributed by atoms with Crippen LogP contribution in [-0.4, -0.2) is 38.2 Å². The maximum Gasteiger partial charge on any atom is 0.244 e. The Hall–Kier alpha value is -3.54. The van der Waals surface area contributed by atoms with Crippen LogP contribution in [0.1, 0.15) is 36.1 Å². The van der Waals surface area contributed by atoms with E-state index in [-0.39, 0.29) is 5.91 Å². The number of fused-ring (bicyclic) bond motifs is 2. The molecule has 0 unspecified atom stereocenters. The molecule has 6 heteroatoms. The summed E-state index contributed by atoms with van der Waals surface area (Å²) in [7, 11) is 3.19. The average Bonchev–Trinajstić information content (AvgIpc) is 2.86. The van der Waals surface area contributed by atoms with E-state index < -0.39 is 0 Å². The summed E-state index contributed by atoms with van der Waals surface area (Å²) in [6, 6.07) is 13.9. The number of ether oxygens (including phenoxy) is 2. The van der Waals surface area contributed by atoms with Crippen LogP contribution in [0.5, 0.6) is 11.5 Å². The Bertz CT molecular complexity index is 1160. The zero-order valence-electron chi connectivity index (χ0n) is 19.3. The lowest BCUT2D eigenvalue weighted by molar-refractivity contribution is -0.116. The Morgan fingerprint density at radius 2 is 1.85 bits per heavy atom. The molecule has 4 rings (SSSR count). The van der Waals surface area contributed by atoms with E-state index in [1.807, 2.05) is 24.3 Å². The van der Waals surface area contributed by atoms with Crippen molar-refractivity contribution in [3.63, 3.8) is 0 Å². The second-order valence-electron chi connectivity index (χ2n) is 8.16. The van der Waals surface area contributed by atoms with Gasteiger partial charge < -0.3 is 20.1 Å². The first-order valence-corrected chi connectivity index (χ1v) is 11.5. The standard InChI is InChI=1S/C27H31N3O3/c1-32-24-14-12-19(18-25(24)33-2)13-15-26(31)28-16-7-17-29-27-20-8-3-5-10-22(20)30-23-11-6-4-9-21(23)27/h3,5,8,10,12-15,18H,4,6-7,9,11,16-17H2,1-2H3,(H,28,31)(H,29,30)/b15-13+. The van der Waals surface area contributed by atoms with E-state index in [0.29, 0.717) is 18.0 Å². The summed E-state index contributed by atoms with van der Waals surface area (Å²) in [5.41, 5.74) is 5.74. The average molecular weight is 446 g/mol. The monoisotopic (exact) mass is 445 g/mol. The van der Waals surface area contributed by atoms with Crippen LogP contribution in [0.4, 0.5) is 5.69 Å². The number of benzene rings is 2. The van der Waals surface area contributed by atoms with Crippen LogP contribution in [0, 0.1) is 0 Å². The van der Waals surface area contributed by atoms with Crippen LogP contribution in [0.25, 0.3) is 17.0 Å². The van der Waals surface area contributed by atoms with Crippen LogP contribution in [0.2, 0.25) is 0 Å². The number of nitrogens with zero attached hydrogens (tertiary/aromatic N) is 1. The highest BCUT2D eigenvalue weighted by atomic mass is 16.5. The Kier molecular flexibility index (Phi) is 7.45. The highest BCUT2D eigenvalue weighted by Gasteiger charge is 2.17. The van der Waals surface area contributed by atoms with E-state index in [9.17, 15) is 4.79 Å². The fourth-order valence-corrected chi connectivity index (χ4v) is 4.28. The van der Waals surface area contributed by atoms with Gasteiger partial charge in [-0.15, -0.1) is 0 Å². The number of pyridine rings is 1.